The number of ether oxygens (including phenoxy) is 1. The Kier molecular flexibility index (Phi) is 5.23. The minimum absolute atomic E-state index is 0.0370. The Morgan fingerprint density at radius 3 is 2.66 bits per heavy atom. The van der Waals surface area contributed by atoms with E-state index in [9.17, 15) is 4.79 Å². The van der Waals surface area contributed by atoms with Crippen molar-refractivity contribution < 1.29 is 19.0 Å². The smallest absolute Gasteiger partial charge is 0.269 e. The maximum atomic E-state index is 13.2. The van der Waals surface area contributed by atoms with Gasteiger partial charge in [0.25, 0.3) is 5.91 Å². The van der Waals surface area contributed by atoms with Gasteiger partial charge in [-0.3, -0.25) is 9.69 Å². The molecule has 1 fully saturated rings. The zero-order chi connectivity index (χ0) is 20.4. The maximum Gasteiger partial charge on any atom is 0.269 e. The number of aromatic nitrogens is 2. The lowest BCUT2D eigenvalue weighted by Crippen LogP contribution is -2.54. The van der Waals surface area contributed by atoms with Gasteiger partial charge >= 0.3 is 0 Å². The second-order valence-corrected chi connectivity index (χ2v) is 7.60. The number of piperazine rings is 1. The molecule has 154 valence electrons. The molecule has 0 aliphatic carbocycles. The molecule has 2 aliphatic heterocycles. The second kappa shape index (κ2) is 7.82. The van der Waals surface area contributed by atoms with Crippen LogP contribution in [0.4, 0.5) is 0 Å². The summed E-state index contributed by atoms with van der Waals surface area (Å²) in [4.78, 5) is 22.9. The lowest BCUT2D eigenvalue weighted by molar-refractivity contribution is -0.155. The summed E-state index contributed by atoms with van der Waals surface area (Å²) < 4.78 is 10.2. The summed E-state index contributed by atoms with van der Waals surface area (Å²) in [7, 11) is 1.62. The van der Waals surface area contributed by atoms with E-state index in [-0.39, 0.29) is 5.91 Å². The molecule has 0 bridgehead atoms. The standard InChI is InChI=1S/C20H25N5O4/c1-14-17(23-29-21-14)13-24-8-10-25(11-9-24)19(26)20(2)12-16(22-28-20)15-6-4-5-7-18(15)27-3/h4-7H,8-13H2,1-3H3. The van der Waals surface area contributed by atoms with Crippen molar-refractivity contribution in [3.63, 3.8) is 0 Å². The molecule has 0 saturated carbocycles. The van der Waals surface area contributed by atoms with Crippen LogP contribution in [0, 0.1) is 6.92 Å². The summed E-state index contributed by atoms with van der Waals surface area (Å²) >= 11 is 0. The Bertz CT molecular complexity index is 919. The number of hydrogen-bond donors (Lipinski definition) is 0. The zero-order valence-electron chi connectivity index (χ0n) is 16.9. The average Bonchev–Trinajstić information content (AvgIpc) is 3.34. The number of para-hydroxylation sites is 1. The van der Waals surface area contributed by atoms with Crippen molar-refractivity contribution >= 4 is 11.6 Å². The van der Waals surface area contributed by atoms with Crippen LogP contribution in [0.2, 0.25) is 0 Å². The van der Waals surface area contributed by atoms with Crippen LogP contribution in [0.1, 0.15) is 30.3 Å². The molecule has 29 heavy (non-hydrogen) atoms. The molecule has 1 unspecified atom stereocenters. The molecule has 1 saturated heterocycles. The number of aryl methyl sites for hydroxylation is 1. The van der Waals surface area contributed by atoms with Crippen LogP contribution in [0.5, 0.6) is 5.75 Å². The maximum absolute atomic E-state index is 13.2. The third-order valence-electron chi connectivity index (χ3n) is 5.51. The Hall–Kier alpha value is -2.94. The van der Waals surface area contributed by atoms with Gasteiger partial charge in [0.05, 0.1) is 12.8 Å². The lowest BCUT2D eigenvalue weighted by atomic mass is 9.94. The molecule has 1 atom stereocenters. The van der Waals surface area contributed by atoms with E-state index in [2.05, 4.69) is 20.4 Å². The van der Waals surface area contributed by atoms with E-state index in [1.54, 1.807) is 14.0 Å². The summed E-state index contributed by atoms with van der Waals surface area (Å²) in [5.74, 6) is 0.683. The highest BCUT2D eigenvalue weighted by Gasteiger charge is 2.45. The van der Waals surface area contributed by atoms with Crippen LogP contribution < -0.4 is 4.74 Å². The predicted molar refractivity (Wildman–Crippen MR) is 105 cm³/mol. The van der Waals surface area contributed by atoms with Gasteiger partial charge in [0.15, 0.2) is 0 Å². The van der Waals surface area contributed by atoms with Gasteiger partial charge in [0.2, 0.25) is 5.60 Å². The van der Waals surface area contributed by atoms with E-state index in [0.717, 1.165) is 41.5 Å². The van der Waals surface area contributed by atoms with Crippen molar-refractivity contribution in [2.24, 2.45) is 5.16 Å². The van der Waals surface area contributed by atoms with Crippen molar-refractivity contribution in [2.75, 3.05) is 33.3 Å². The van der Waals surface area contributed by atoms with Crippen LogP contribution in [0.15, 0.2) is 34.1 Å². The summed E-state index contributed by atoms with van der Waals surface area (Å²) in [5.41, 5.74) is 2.23. The van der Waals surface area contributed by atoms with E-state index in [1.165, 1.54) is 0 Å². The Labute approximate surface area is 169 Å². The largest absolute Gasteiger partial charge is 0.496 e. The van der Waals surface area contributed by atoms with Crippen LogP contribution in [-0.4, -0.2) is 70.6 Å². The average molecular weight is 399 g/mol. The van der Waals surface area contributed by atoms with Gasteiger partial charge in [-0.15, -0.1) is 0 Å². The molecule has 2 aliphatic rings. The molecule has 9 heteroatoms. The van der Waals surface area contributed by atoms with E-state index in [4.69, 9.17) is 14.2 Å². The topological polar surface area (TPSA) is 93.3 Å². The van der Waals surface area contributed by atoms with E-state index in [0.29, 0.717) is 26.1 Å². The zero-order valence-corrected chi connectivity index (χ0v) is 16.9. The highest BCUT2D eigenvalue weighted by molar-refractivity contribution is 6.07. The van der Waals surface area contributed by atoms with Gasteiger partial charge in [-0.1, -0.05) is 27.6 Å². The first-order chi connectivity index (χ1) is 14.0. The molecule has 2 aromatic rings. The van der Waals surface area contributed by atoms with E-state index >= 15 is 0 Å². The normalized spacial score (nSPS) is 22.3. The van der Waals surface area contributed by atoms with Gasteiger partial charge < -0.3 is 14.5 Å². The minimum Gasteiger partial charge on any atom is -0.496 e. The number of carbonyl (C=O) groups excluding carboxylic acids is 1. The third-order valence-corrected chi connectivity index (χ3v) is 5.51. The highest BCUT2D eigenvalue weighted by atomic mass is 16.7. The van der Waals surface area contributed by atoms with E-state index < -0.39 is 5.60 Å². The number of hydrogen-bond acceptors (Lipinski definition) is 8. The first kappa shape index (κ1) is 19.4. The number of benzene rings is 1. The molecule has 9 nitrogen and oxygen atoms in total. The molecule has 1 aromatic carbocycles. The SMILES string of the molecule is COc1ccccc1C1=NOC(C)(C(=O)N2CCN(Cc3nonc3C)CC2)C1. The van der Waals surface area contributed by atoms with Crippen LogP contribution in [-0.2, 0) is 16.2 Å². The molecule has 3 heterocycles. The number of rotatable bonds is 5. The first-order valence-electron chi connectivity index (χ1n) is 9.68. The fraction of sp³-hybridized carbons (Fsp3) is 0.500. The van der Waals surface area contributed by atoms with Crippen molar-refractivity contribution in [3.05, 3.63) is 41.2 Å². The van der Waals surface area contributed by atoms with Crippen LogP contribution in [0.3, 0.4) is 0 Å². The summed E-state index contributed by atoms with van der Waals surface area (Å²) in [6, 6.07) is 7.62. The number of nitrogens with zero attached hydrogens (tertiary/aromatic N) is 5. The molecule has 1 aromatic heterocycles. The Morgan fingerprint density at radius 2 is 1.97 bits per heavy atom. The highest BCUT2D eigenvalue weighted by Crippen LogP contribution is 2.32. The van der Waals surface area contributed by atoms with Gasteiger partial charge in [-0.25, -0.2) is 4.63 Å². The second-order valence-electron chi connectivity index (χ2n) is 7.60. The summed E-state index contributed by atoms with van der Waals surface area (Å²) in [6.45, 7) is 7.13. The van der Waals surface area contributed by atoms with Crippen molar-refractivity contribution in [1.29, 1.82) is 0 Å². The van der Waals surface area contributed by atoms with Gasteiger partial charge in [-0.2, -0.15) is 0 Å². The molecule has 0 radical (unpaired) electrons. The van der Waals surface area contributed by atoms with Crippen molar-refractivity contribution in [1.82, 2.24) is 20.1 Å². The molecular formula is C20H25N5O4. The molecule has 0 N–H and O–H groups in total. The number of oxime groups is 1. The summed E-state index contributed by atoms with van der Waals surface area (Å²) in [6.07, 6.45) is 0.413. The Balaban J connectivity index is 1.36. The van der Waals surface area contributed by atoms with Crippen LogP contribution in [0.25, 0.3) is 0 Å². The molecule has 1 amide bonds. The Morgan fingerprint density at radius 1 is 1.21 bits per heavy atom. The van der Waals surface area contributed by atoms with Gasteiger partial charge in [0.1, 0.15) is 17.1 Å². The monoisotopic (exact) mass is 399 g/mol. The molecule has 0 spiro atoms. The van der Waals surface area contributed by atoms with Gasteiger partial charge in [-0.05, 0) is 26.0 Å². The lowest BCUT2D eigenvalue weighted by Gasteiger charge is -2.37. The summed E-state index contributed by atoms with van der Waals surface area (Å²) in [5, 5.41) is 12.0. The number of carbonyl (C=O) groups is 1. The number of amides is 1. The predicted octanol–water partition coefficient (Wildman–Crippen LogP) is 1.61. The fourth-order valence-corrected chi connectivity index (χ4v) is 3.73. The molecule has 4 rings (SSSR count). The quantitative estimate of drug-likeness (QED) is 0.754. The van der Waals surface area contributed by atoms with Crippen molar-refractivity contribution in [2.45, 2.75) is 32.4 Å². The third kappa shape index (κ3) is 3.82. The van der Waals surface area contributed by atoms with Crippen molar-refractivity contribution in [3.8, 4) is 5.75 Å². The fourth-order valence-electron chi connectivity index (χ4n) is 3.73. The van der Waals surface area contributed by atoms with Crippen LogP contribution >= 0.6 is 0 Å². The number of methoxy groups -OCH3 is 1. The van der Waals surface area contributed by atoms with Gasteiger partial charge in [0, 0.05) is 44.7 Å². The first-order valence-corrected chi connectivity index (χ1v) is 9.68. The molecular weight excluding hydrogens is 374 g/mol. The van der Waals surface area contributed by atoms with E-state index in [1.807, 2.05) is 36.1 Å². The minimum atomic E-state index is -0.995.